The summed E-state index contributed by atoms with van der Waals surface area (Å²) in [7, 11) is 2.21. The maximum Gasteiger partial charge on any atom is 0.00871 e. The third-order valence-corrected chi connectivity index (χ3v) is 4.29. The molecule has 0 fully saturated rings. The Morgan fingerprint density at radius 2 is 2.12 bits per heavy atom. The van der Waals surface area contributed by atoms with Crippen molar-refractivity contribution in [2.75, 3.05) is 26.7 Å². The SMILES string of the molecule is Cc1ccsc1CCN(C)CC(C)(C)CCN. The lowest BCUT2D eigenvalue weighted by Crippen LogP contribution is -2.34. The van der Waals surface area contributed by atoms with E-state index >= 15 is 0 Å². The van der Waals surface area contributed by atoms with E-state index in [0.717, 1.165) is 26.1 Å². The first kappa shape index (κ1) is 14.7. The van der Waals surface area contributed by atoms with Crippen molar-refractivity contribution < 1.29 is 0 Å². The molecule has 0 bridgehead atoms. The van der Waals surface area contributed by atoms with E-state index in [-0.39, 0.29) is 0 Å². The first-order valence-electron chi connectivity index (χ1n) is 6.36. The Hall–Kier alpha value is -0.380. The minimum absolute atomic E-state index is 0.327. The minimum Gasteiger partial charge on any atom is -0.330 e. The number of rotatable bonds is 7. The highest BCUT2D eigenvalue weighted by Gasteiger charge is 2.18. The van der Waals surface area contributed by atoms with Crippen molar-refractivity contribution in [3.63, 3.8) is 0 Å². The summed E-state index contributed by atoms with van der Waals surface area (Å²) in [6.45, 7) is 9.83. The monoisotopic (exact) mass is 254 g/mol. The molecule has 0 spiro atoms. The van der Waals surface area contributed by atoms with E-state index in [1.54, 1.807) is 0 Å². The molecular formula is C14H26N2S. The Bertz CT molecular complexity index is 331. The number of hydrogen-bond acceptors (Lipinski definition) is 3. The van der Waals surface area contributed by atoms with Crippen molar-refractivity contribution in [1.29, 1.82) is 0 Å². The Labute approximate surface area is 110 Å². The summed E-state index contributed by atoms with van der Waals surface area (Å²) < 4.78 is 0. The van der Waals surface area contributed by atoms with Crippen molar-refractivity contribution in [3.05, 3.63) is 21.9 Å². The second-order valence-electron chi connectivity index (χ2n) is 5.72. The molecule has 0 saturated heterocycles. The van der Waals surface area contributed by atoms with Crippen molar-refractivity contribution in [2.24, 2.45) is 11.1 Å². The van der Waals surface area contributed by atoms with Crippen LogP contribution >= 0.6 is 11.3 Å². The van der Waals surface area contributed by atoms with Crippen molar-refractivity contribution >= 4 is 11.3 Å². The summed E-state index contributed by atoms with van der Waals surface area (Å²) in [5.74, 6) is 0. The van der Waals surface area contributed by atoms with Gasteiger partial charge in [-0.05, 0) is 55.8 Å². The van der Waals surface area contributed by atoms with Gasteiger partial charge in [-0.25, -0.2) is 0 Å². The van der Waals surface area contributed by atoms with E-state index in [9.17, 15) is 0 Å². The van der Waals surface area contributed by atoms with Gasteiger partial charge in [0.25, 0.3) is 0 Å². The van der Waals surface area contributed by atoms with Crippen LogP contribution in [-0.2, 0) is 6.42 Å². The van der Waals surface area contributed by atoms with Crippen LogP contribution in [0.4, 0.5) is 0 Å². The molecule has 0 saturated carbocycles. The molecule has 0 aliphatic heterocycles. The third-order valence-electron chi connectivity index (χ3n) is 3.21. The Kier molecular flexibility index (Phi) is 5.63. The predicted octanol–water partition coefficient (Wildman–Crippen LogP) is 2.91. The van der Waals surface area contributed by atoms with Crippen molar-refractivity contribution in [2.45, 2.75) is 33.6 Å². The van der Waals surface area contributed by atoms with Gasteiger partial charge in [-0.3, -0.25) is 0 Å². The van der Waals surface area contributed by atoms with E-state index in [1.807, 2.05) is 11.3 Å². The standard InChI is InChI=1S/C14H26N2S/c1-12-6-10-17-13(12)5-9-16(4)11-14(2,3)7-8-15/h6,10H,5,7-9,11,15H2,1-4H3. The number of hydrogen-bond donors (Lipinski definition) is 1. The van der Waals surface area contributed by atoms with Crippen LogP contribution in [0.5, 0.6) is 0 Å². The molecule has 2 N–H and O–H groups in total. The number of thiophene rings is 1. The predicted molar refractivity (Wildman–Crippen MR) is 77.7 cm³/mol. The van der Waals surface area contributed by atoms with Gasteiger partial charge in [0.1, 0.15) is 0 Å². The molecule has 17 heavy (non-hydrogen) atoms. The fourth-order valence-electron chi connectivity index (χ4n) is 2.23. The molecule has 98 valence electrons. The van der Waals surface area contributed by atoms with Crippen LogP contribution in [0.1, 0.15) is 30.7 Å². The van der Waals surface area contributed by atoms with Crippen LogP contribution in [-0.4, -0.2) is 31.6 Å². The molecule has 1 rings (SSSR count). The molecule has 2 nitrogen and oxygen atoms in total. The van der Waals surface area contributed by atoms with Crippen molar-refractivity contribution in [1.82, 2.24) is 4.90 Å². The second-order valence-corrected chi connectivity index (χ2v) is 6.72. The van der Waals surface area contributed by atoms with Crippen LogP contribution < -0.4 is 5.73 Å². The number of aryl methyl sites for hydroxylation is 1. The second kappa shape index (κ2) is 6.53. The smallest absolute Gasteiger partial charge is 0.00871 e. The maximum atomic E-state index is 5.64. The molecule has 0 atom stereocenters. The first-order valence-corrected chi connectivity index (χ1v) is 7.24. The maximum absolute atomic E-state index is 5.64. The third kappa shape index (κ3) is 5.19. The molecular weight excluding hydrogens is 228 g/mol. The van der Waals surface area contributed by atoms with Crippen molar-refractivity contribution in [3.8, 4) is 0 Å². The molecule has 1 aromatic heterocycles. The van der Waals surface area contributed by atoms with Crippen LogP contribution in [0.15, 0.2) is 11.4 Å². The lowest BCUT2D eigenvalue weighted by atomic mass is 9.89. The Balaban J connectivity index is 2.35. The molecule has 0 unspecified atom stereocenters. The summed E-state index contributed by atoms with van der Waals surface area (Å²) in [5, 5.41) is 2.18. The summed E-state index contributed by atoms with van der Waals surface area (Å²) in [6, 6.07) is 2.21. The normalized spacial score (nSPS) is 12.4. The topological polar surface area (TPSA) is 29.3 Å². The van der Waals surface area contributed by atoms with Crippen LogP contribution in [0.25, 0.3) is 0 Å². The summed E-state index contributed by atoms with van der Waals surface area (Å²) >= 11 is 1.87. The summed E-state index contributed by atoms with van der Waals surface area (Å²) in [6.07, 6.45) is 2.26. The van der Waals surface area contributed by atoms with Gasteiger partial charge in [0.05, 0.1) is 0 Å². The number of likely N-dealkylation sites (N-methyl/N-ethyl adjacent to an activating group) is 1. The fraction of sp³-hybridized carbons (Fsp3) is 0.714. The van der Waals surface area contributed by atoms with Gasteiger partial charge in [0, 0.05) is 18.0 Å². The average Bonchev–Trinajstić information content (AvgIpc) is 2.60. The molecule has 0 aliphatic rings. The zero-order valence-corrected chi connectivity index (χ0v) is 12.4. The largest absolute Gasteiger partial charge is 0.330 e. The van der Waals surface area contributed by atoms with Gasteiger partial charge in [0.15, 0.2) is 0 Å². The van der Waals surface area contributed by atoms with E-state index in [4.69, 9.17) is 5.73 Å². The van der Waals surface area contributed by atoms with Crippen LogP contribution in [0, 0.1) is 12.3 Å². The van der Waals surface area contributed by atoms with Gasteiger partial charge in [-0.15, -0.1) is 11.3 Å². The van der Waals surface area contributed by atoms with Gasteiger partial charge in [-0.1, -0.05) is 13.8 Å². The zero-order chi connectivity index (χ0) is 12.9. The first-order chi connectivity index (χ1) is 7.94. The highest BCUT2D eigenvalue weighted by molar-refractivity contribution is 7.10. The van der Waals surface area contributed by atoms with Gasteiger partial charge in [0.2, 0.25) is 0 Å². The molecule has 0 aliphatic carbocycles. The van der Waals surface area contributed by atoms with E-state index in [2.05, 4.69) is 44.2 Å². The van der Waals surface area contributed by atoms with E-state index in [0.29, 0.717) is 5.41 Å². The molecule has 1 aromatic rings. The lowest BCUT2D eigenvalue weighted by Gasteiger charge is -2.30. The van der Waals surface area contributed by atoms with E-state index < -0.39 is 0 Å². The number of nitrogens with two attached hydrogens (primary N) is 1. The molecule has 3 heteroatoms. The lowest BCUT2D eigenvalue weighted by molar-refractivity contribution is 0.202. The molecule has 0 aromatic carbocycles. The summed E-state index contributed by atoms with van der Waals surface area (Å²) in [4.78, 5) is 3.95. The van der Waals surface area contributed by atoms with Crippen LogP contribution in [0.2, 0.25) is 0 Å². The quantitative estimate of drug-likeness (QED) is 0.810. The fourth-order valence-corrected chi connectivity index (χ4v) is 3.13. The highest BCUT2D eigenvalue weighted by Crippen LogP contribution is 2.21. The van der Waals surface area contributed by atoms with Gasteiger partial charge < -0.3 is 10.6 Å². The highest BCUT2D eigenvalue weighted by atomic mass is 32.1. The Morgan fingerprint density at radius 3 is 2.65 bits per heavy atom. The van der Waals surface area contributed by atoms with Crippen LogP contribution in [0.3, 0.4) is 0 Å². The average molecular weight is 254 g/mol. The zero-order valence-electron chi connectivity index (χ0n) is 11.6. The Morgan fingerprint density at radius 1 is 1.41 bits per heavy atom. The van der Waals surface area contributed by atoms with E-state index in [1.165, 1.54) is 16.9 Å². The van der Waals surface area contributed by atoms with Gasteiger partial charge in [-0.2, -0.15) is 0 Å². The molecule has 0 amide bonds. The minimum atomic E-state index is 0.327. The number of nitrogens with zero attached hydrogens (tertiary/aromatic N) is 1. The van der Waals surface area contributed by atoms with Gasteiger partial charge >= 0.3 is 0 Å². The molecule has 0 radical (unpaired) electrons. The molecule has 1 heterocycles. The summed E-state index contributed by atoms with van der Waals surface area (Å²) in [5.41, 5.74) is 7.41.